The summed E-state index contributed by atoms with van der Waals surface area (Å²) in [6, 6.07) is 6.48. The highest BCUT2D eigenvalue weighted by atomic mass is 32.2. The molecule has 0 unspecified atom stereocenters. The summed E-state index contributed by atoms with van der Waals surface area (Å²) in [4.78, 5) is 25.0. The number of benzene rings is 1. The molecule has 136 valence electrons. The Balaban J connectivity index is 2.07. The van der Waals surface area contributed by atoms with Crippen molar-refractivity contribution in [2.24, 2.45) is 0 Å². The zero-order valence-corrected chi connectivity index (χ0v) is 16.1. The SMILES string of the molecule is COc1cccc([C@]2(C)NC(=O)N(NC(=S)NCCCSC)C2=O)c1. The molecule has 1 atom stereocenters. The summed E-state index contributed by atoms with van der Waals surface area (Å²) < 4.78 is 5.19. The van der Waals surface area contributed by atoms with Gasteiger partial charge in [-0.05, 0) is 55.3 Å². The highest BCUT2D eigenvalue weighted by Gasteiger charge is 2.49. The lowest BCUT2D eigenvalue weighted by Crippen LogP contribution is -2.51. The summed E-state index contributed by atoms with van der Waals surface area (Å²) in [5, 5.41) is 6.83. The van der Waals surface area contributed by atoms with Crippen LogP contribution in [0.25, 0.3) is 0 Å². The zero-order valence-electron chi connectivity index (χ0n) is 14.4. The number of methoxy groups -OCH3 is 1. The van der Waals surface area contributed by atoms with E-state index in [0.29, 0.717) is 17.9 Å². The highest BCUT2D eigenvalue weighted by molar-refractivity contribution is 7.98. The molecule has 1 aliphatic heterocycles. The van der Waals surface area contributed by atoms with Crippen molar-refractivity contribution >= 4 is 41.0 Å². The number of urea groups is 1. The van der Waals surface area contributed by atoms with Gasteiger partial charge in [-0.15, -0.1) is 0 Å². The Morgan fingerprint density at radius 3 is 2.88 bits per heavy atom. The standard InChI is InChI=1S/C16H22N4O3S2/c1-16(11-6-4-7-12(10-11)23-2)13(21)20(15(22)18-16)19-14(24)17-8-5-9-25-3/h4,6-7,10H,5,8-9H2,1-3H3,(H,18,22)(H2,17,19,24)/t16-/m0/s1. The Hall–Kier alpha value is -2.00. The van der Waals surface area contributed by atoms with Gasteiger partial charge in [0.15, 0.2) is 5.11 Å². The lowest BCUT2D eigenvalue weighted by atomic mass is 9.92. The number of imide groups is 1. The first-order valence-corrected chi connectivity index (χ1v) is 9.57. The van der Waals surface area contributed by atoms with E-state index in [-0.39, 0.29) is 5.11 Å². The van der Waals surface area contributed by atoms with Gasteiger partial charge in [0.05, 0.1) is 7.11 Å². The van der Waals surface area contributed by atoms with Gasteiger partial charge in [-0.1, -0.05) is 12.1 Å². The molecule has 7 nitrogen and oxygen atoms in total. The fourth-order valence-electron chi connectivity index (χ4n) is 2.43. The average molecular weight is 383 g/mol. The van der Waals surface area contributed by atoms with Crippen LogP contribution in [-0.2, 0) is 10.3 Å². The quantitative estimate of drug-likeness (QED) is 0.375. The molecule has 1 aromatic carbocycles. The number of thioether (sulfide) groups is 1. The second-order valence-electron chi connectivity index (χ2n) is 5.64. The Morgan fingerprint density at radius 1 is 1.44 bits per heavy atom. The van der Waals surface area contributed by atoms with E-state index in [0.717, 1.165) is 17.2 Å². The van der Waals surface area contributed by atoms with E-state index >= 15 is 0 Å². The molecule has 1 fully saturated rings. The summed E-state index contributed by atoms with van der Waals surface area (Å²) in [6.07, 6.45) is 2.97. The maximum Gasteiger partial charge on any atom is 0.344 e. The Kier molecular flexibility index (Phi) is 6.49. The van der Waals surface area contributed by atoms with Gasteiger partial charge in [-0.25, -0.2) is 4.79 Å². The third kappa shape index (κ3) is 4.35. The van der Waals surface area contributed by atoms with Gasteiger partial charge in [-0.2, -0.15) is 16.8 Å². The van der Waals surface area contributed by atoms with Gasteiger partial charge in [0.25, 0.3) is 5.91 Å². The predicted molar refractivity (Wildman–Crippen MR) is 102 cm³/mol. The molecule has 3 N–H and O–H groups in total. The molecule has 1 aliphatic rings. The van der Waals surface area contributed by atoms with Crippen molar-refractivity contribution in [2.75, 3.05) is 25.7 Å². The van der Waals surface area contributed by atoms with Crippen molar-refractivity contribution in [1.29, 1.82) is 0 Å². The van der Waals surface area contributed by atoms with Gasteiger partial charge in [0.1, 0.15) is 11.3 Å². The minimum atomic E-state index is -1.19. The second-order valence-corrected chi connectivity index (χ2v) is 7.04. The number of carbonyl (C=O) groups excluding carboxylic acids is 2. The van der Waals surface area contributed by atoms with Crippen LogP contribution in [0.4, 0.5) is 4.79 Å². The zero-order chi connectivity index (χ0) is 18.4. The summed E-state index contributed by atoms with van der Waals surface area (Å²) in [7, 11) is 1.55. The minimum Gasteiger partial charge on any atom is -0.497 e. The van der Waals surface area contributed by atoms with Crippen LogP contribution in [0.1, 0.15) is 18.9 Å². The summed E-state index contributed by atoms with van der Waals surface area (Å²) in [6.45, 7) is 2.32. The van der Waals surface area contributed by atoms with E-state index < -0.39 is 17.5 Å². The largest absolute Gasteiger partial charge is 0.497 e. The Morgan fingerprint density at radius 2 is 2.20 bits per heavy atom. The lowest BCUT2D eigenvalue weighted by molar-refractivity contribution is -0.132. The number of ether oxygens (including phenoxy) is 1. The Labute approximate surface area is 156 Å². The van der Waals surface area contributed by atoms with Crippen LogP contribution >= 0.6 is 24.0 Å². The fourth-order valence-corrected chi connectivity index (χ4v) is 3.06. The number of hydrogen-bond acceptors (Lipinski definition) is 5. The van der Waals surface area contributed by atoms with E-state index in [1.165, 1.54) is 0 Å². The van der Waals surface area contributed by atoms with Gasteiger partial charge in [-0.3, -0.25) is 10.2 Å². The first kappa shape index (κ1) is 19.3. The van der Waals surface area contributed by atoms with Gasteiger partial charge in [0.2, 0.25) is 0 Å². The van der Waals surface area contributed by atoms with Crippen LogP contribution < -0.4 is 20.8 Å². The number of amides is 3. The van der Waals surface area contributed by atoms with E-state index in [1.54, 1.807) is 50.1 Å². The number of nitrogens with one attached hydrogen (secondary N) is 3. The molecule has 0 bridgehead atoms. The molecule has 25 heavy (non-hydrogen) atoms. The van der Waals surface area contributed by atoms with E-state index in [9.17, 15) is 9.59 Å². The van der Waals surface area contributed by atoms with E-state index in [2.05, 4.69) is 16.1 Å². The number of thiocarbonyl (C=S) groups is 1. The van der Waals surface area contributed by atoms with Crippen molar-refractivity contribution in [3.63, 3.8) is 0 Å². The first-order chi connectivity index (χ1) is 11.9. The maximum atomic E-state index is 12.8. The van der Waals surface area contributed by atoms with E-state index in [1.807, 2.05) is 6.26 Å². The van der Waals surface area contributed by atoms with Crippen LogP contribution in [0.2, 0.25) is 0 Å². The monoisotopic (exact) mass is 382 g/mol. The summed E-state index contributed by atoms with van der Waals surface area (Å²) in [5.41, 5.74) is 2.11. The topological polar surface area (TPSA) is 82.7 Å². The molecule has 2 rings (SSSR count). The van der Waals surface area contributed by atoms with Gasteiger partial charge < -0.3 is 15.4 Å². The smallest absolute Gasteiger partial charge is 0.344 e. The molecule has 1 aromatic rings. The molecule has 3 amide bonds. The summed E-state index contributed by atoms with van der Waals surface area (Å²) >= 11 is 6.90. The molecule has 1 saturated heterocycles. The maximum absolute atomic E-state index is 12.8. The lowest BCUT2D eigenvalue weighted by Gasteiger charge is -2.23. The molecule has 0 saturated carbocycles. The van der Waals surface area contributed by atoms with Crippen LogP contribution in [0.15, 0.2) is 24.3 Å². The molecule has 0 spiro atoms. The van der Waals surface area contributed by atoms with E-state index in [4.69, 9.17) is 17.0 Å². The van der Waals surface area contributed by atoms with Crippen molar-refractivity contribution in [3.05, 3.63) is 29.8 Å². The van der Waals surface area contributed by atoms with Crippen LogP contribution in [0.5, 0.6) is 5.75 Å². The number of rotatable bonds is 7. The number of carbonyl (C=O) groups is 2. The molecule has 1 heterocycles. The molecule has 0 radical (unpaired) electrons. The molecule has 0 aromatic heterocycles. The van der Waals surface area contributed by atoms with Crippen LogP contribution in [-0.4, -0.2) is 47.7 Å². The minimum absolute atomic E-state index is 0.236. The normalized spacial score (nSPS) is 19.6. The number of hydrazine groups is 1. The third-order valence-corrected chi connectivity index (χ3v) is 4.79. The highest BCUT2D eigenvalue weighted by Crippen LogP contribution is 2.30. The van der Waals surface area contributed by atoms with Crippen molar-refractivity contribution < 1.29 is 14.3 Å². The average Bonchev–Trinajstić information content (AvgIpc) is 2.83. The number of hydrogen-bond donors (Lipinski definition) is 3. The number of nitrogens with zero attached hydrogens (tertiary/aromatic N) is 1. The predicted octanol–water partition coefficient (Wildman–Crippen LogP) is 1.59. The molecular formula is C16H22N4O3S2. The third-order valence-electron chi connectivity index (χ3n) is 3.86. The van der Waals surface area contributed by atoms with Crippen molar-refractivity contribution in [1.82, 2.24) is 21.1 Å². The Bertz CT molecular complexity index is 671. The van der Waals surface area contributed by atoms with Crippen LogP contribution in [0.3, 0.4) is 0 Å². The first-order valence-electron chi connectivity index (χ1n) is 7.77. The van der Waals surface area contributed by atoms with Crippen molar-refractivity contribution in [2.45, 2.75) is 18.9 Å². The second kappa shape index (κ2) is 8.39. The fraction of sp³-hybridized carbons (Fsp3) is 0.438. The van der Waals surface area contributed by atoms with Crippen LogP contribution in [0, 0.1) is 0 Å². The van der Waals surface area contributed by atoms with Gasteiger partial charge >= 0.3 is 6.03 Å². The summed E-state index contributed by atoms with van der Waals surface area (Å²) in [5.74, 6) is 1.18. The molecule has 0 aliphatic carbocycles. The van der Waals surface area contributed by atoms with Crippen molar-refractivity contribution in [3.8, 4) is 5.75 Å². The molecular weight excluding hydrogens is 360 g/mol. The van der Waals surface area contributed by atoms with Gasteiger partial charge in [0, 0.05) is 6.54 Å². The molecule has 9 heteroatoms.